The fourth-order valence-electron chi connectivity index (χ4n) is 1.79. The van der Waals surface area contributed by atoms with Gasteiger partial charge in [0.15, 0.2) is 0 Å². The highest BCUT2D eigenvalue weighted by molar-refractivity contribution is 7.87. The molecule has 0 fully saturated rings. The molecule has 0 heterocycles. The predicted molar refractivity (Wildman–Crippen MR) is 76.4 cm³/mol. The van der Waals surface area contributed by atoms with Crippen LogP contribution in [0.3, 0.4) is 0 Å². The highest BCUT2D eigenvalue weighted by Gasteiger charge is 2.34. The SMILES string of the molecule is CCC(CC)NC(=O)C(C)S(=O)C(C(=O)O)C(C)C. The summed E-state index contributed by atoms with van der Waals surface area (Å²) in [6.07, 6.45) is 1.60. The number of hydrogen-bond donors (Lipinski definition) is 2. The molecular formula is C13H25NO4S. The van der Waals surface area contributed by atoms with Gasteiger partial charge >= 0.3 is 5.97 Å². The van der Waals surface area contributed by atoms with Crippen LogP contribution < -0.4 is 5.32 Å². The Morgan fingerprint density at radius 3 is 1.95 bits per heavy atom. The lowest BCUT2D eigenvalue weighted by Gasteiger charge is -2.22. The van der Waals surface area contributed by atoms with E-state index in [1.54, 1.807) is 13.8 Å². The average Bonchev–Trinajstić information content (AvgIpc) is 2.33. The van der Waals surface area contributed by atoms with E-state index in [1.165, 1.54) is 6.92 Å². The molecule has 0 aliphatic carbocycles. The molecule has 0 aromatic carbocycles. The number of nitrogens with one attached hydrogen (secondary N) is 1. The Balaban J connectivity index is 4.79. The number of rotatable bonds is 8. The first-order valence-corrected chi connectivity index (χ1v) is 7.96. The van der Waals surface area contributed by atoms with Gasteiger partial charge in [-0.1, -0.05) is 27.7 Å². The minimum Gasteiger partial charge on any atom is -0.480 e. The van der Waals surface area contributed by atoms with Crippen molar-refractivity contribution in [2.24, 2.45) is 5.92 Å². The Hall–Kier alpha value is -0.910. The van der Waals surface area contributed by atoms with Crippen molar-refractivity contribution >= 4 is 22.7 Å². The van der Waals surface area contributed by atoms with Crippen LogP contribution in [-0.2, 0) is 20.4 Å². The lowest BCUT2D eigenvalue weighted by Crippen LogP contribution is -2.45. The molecule has 0 aromatic rings. The van der Waals surface area contributed by atoms with Gasteiger partial charge in [-0.3, -0.25) is 13.8 Å². The van der Waals surface area contributed by atoms with Gasteiger partial charge in [0.2, 0.25) is 5.91 Å². The molecule has 3 unspecified atom stereocenters. The number of hydrogen-bond acceptors (Lipinski definition) is 3. The smallest absolute Gasteiger partial charge is 0.319 e. The van der Waals surface area contributed by atoms with E-state index in [4.69, 9.17) is 5.11 Å². The van der Waals surface area contributed by atoms with Gasteiger partial charge in [-0.2, -0.15) is 0 Å². The van der Waals surface area contributed by atoms with Crippen molar-refractivity contribution in [2.75, 3.05) is 0 Å². The lowest BCUT2D eigenvalue weighted by atomic mass is 10.1. The molecule has 0 saturated carbocycles. The molecular weight excluding hydrogens is 266 g/mol. The Morgan fingerprint density at radius 2 is 1.63 bits per heavy atom. The van der Waals surface area contributed by atoms with Crippen molar-refractivity contribution < 1.29 is 18.9 Å². The van der Waals surface area contributed by atoms with Gasteiger partial charge < -0.3 is 10.4 Å². The average molecular weight is 291 g/mol. The van der Waals surface area contributed by atoms with Gasteiger partial charge in [-0.15, -0.1) is 0 Å². The molecule has 0 bridgehead atoms. The highest BCUT2D eigenvalue weighted by Crippen LogP contribution is 2.14. The molecule has 0 saturated heterocycles. The summed E-state index contributed by atoms with van der Waals surface area (Å²) in [4.78, 5) is 23.1. The second kappa shape index (κ2) is 8.30. The molecule has 5 nitrogen and oxygen atoms in total. The Morgan fingerprint density at radius 1 is 1.16 bits per heavy atom. The van der Waals surface area contributed by atoms with E-state index >= 15 is 0 Å². The number of carboxylic acids is 1. The van der Waals surface area contributed by atoms with Crippen molar-refractivity contribution in [2.45, 2.75) is 64.0 Å². The zero-order chi connectivity index (χ0) is 15.2. The quantitative estimate of drug-likeness (QED) is 0.710. The molecule has 19 heavy (non-hydrogen) atoms. The second-order valence-electron chi connectivity index (χ2n) is 5.00. The summed E-state index contributed by atoms with van der Waals surface area (Å²) in [5, 5.41) is 10.1. The Kier molecular flexibility index (Phi) is 7.90. The standard InChI is InChI=1S/C13H25NO4S/c1-6-10(7-2)14-12(15)9(5)19(18)11(8(3)4)13(16)17/h8-11H,6-7H2,1-5H3,(H,14,15)(H,16,17). The lowest BCUT2D eigenvalue weighted by molar-refractivity contribution is -0.137. The number of aliphatic carboxylic acids is 1. The third kappa shape index (κ3) is 5.30. The van der Waals surface area contributed by atoms with Crippen molar-refractivity contribution in [1.82, 2.24) is 5.32 Å². The molecule has 0 aliphatic rings. The fourth-order valence-corrected chi connectivity index (χ4v) is 3.24. The van der Waals surface area contributed by atoms with Crippen molar-refractivity contribution in [3.63, 3.8) is 0 Å². The summed E-state index contributed by atoms with van der Waals surface area (Å²) in [5.41, 5.74) is 0. The summed E-state index contributed by atoms with van der Waals surface area (Å²) < 4.78 is 12.2. The van der Waals surface area contributed by atoms with Crippen LogP contribution in [0.4, 0.5) is 0 Å². The van der Waals surface area contributed by atoms with E-state index in [2.05, 4.69) is 5.32 Å². The normalized spacial score (nSPS) is 16.2. The zero-order valence-electron chi connectivity index (χ0n) is 12.3. The van der Waals surface area contributed by atoms with Gasteiger partial charge in [-0.05, 0) is 25.7 Å². The third-order valence-electron chi connectivity index (χ3n) is 3.15. The molecule has 0 aliphatic heterocycles. The highest BCUT2D eigenvalue weighted by atomic mass is 32.2. The molecule has 0 rings (SSSR count). The van der Waals surface area contributed by atoms with Crippen LogP contribution >= 0.6 is 0 Å². The van der Waals surface area contributed by atoms with Gasteiger partial charge in [0.1, 0.15) is 10.5 Å². The van der Waals surface area contributed by atoms with Gasteiger partial charge in [-0.25, -0.2) is 0 Å². The Bertz CT molecular complexity index is 340. The van der Waals surface area contributed by atoms with E-state index in [9.17, 15) is 13.8 Å². The van der Waals surface area contributed by atoms with E-state index < -0.39 is 27.3 Å². The molecule has 0 aromatic heterocycles. The summed E-state index contributed by atoms with van der Waals surface area (Å²) >= 11 is 0. The summed E-state index contributed by atoms with van der Waals surface area (Å²) in [5.74, 6) is -1.73. The number of carboxylic acid groups (broad SMARTS) is 1. The largest absolute Gasteiger partial charge is 0.480 e. The van der Waals surface area contributed by atoms with E-state index in [0.717, 1.165) is 12.8 Å². The number of carbonyl (C=O) groups is 2. The Labute approximate surface area is 117 Å². The topological polar surface area (TPSA) is 83.5 Å². The predicted octanol–water partition coefficient (Wildman–Crippen LogP) is 1.54. The fraction of sp³-hybridized carbons (Fsp3) is 0.846. The van der Waals surface area contributed by atoms with Crippen LogP contribution in [0.15, 0.2) is 0 Å². The second-order valence-corrected chi connectivity index (χ2v) is 6.87. The maximum absolute atomic E-state index is 12.2. The van der Waals surface area contributed by atoms with Crippen molar-refractivity contribution in [3.05, 3.63) is 0 Å². The van der Waals surface area contributed by atoms with Gasteiger partial charge in [0.05, 0.1) is 0 Å². The first-order valence-electron chi connectivity index (χ1n) is 6.68. The van der Waals surface area contributed by atoms with Gasteiger partial charge in [0.25, 0.3) is 0 Å². The molecule has 2 N–H and O–H groups in total. The van der Waals surface area contributed by atoms with Crippen LogP contribution in [0.2, 0.25) is 0 Å². The molecule has 1 amide bonds. The van der Waals surface area contributed by atoms with Crippen molar-refractivity contribution in [1.29, 1.82) is 0 Å². The first kappa shape index (κ1) is 18.1. The molecule has 112 valence electrons. The van der Waals surface area contributed by atoms with E-state index in [-0.39, 0.29) is 17.9 Å². The molecule has 0 spiro atoms. The molecule has 6 heteroatoms. The van der Waals surface area contributed by atoms with Crippen LogP contribution in [-0.4, -0.2) is 37.7 Å². The monoisotopic (exact) mass is 291 g/mol. The minimum absolute atomic E-state index is 0.0503. The number of carbonyl (C=O) groups excluding carboxylic acids is 1. The molecule has 3 atom stereocenters. The van der Waals surface area contributed by atoms with Crippen LogP contribution in [0.5, 0.6) is 0 Å². The third-order valence-corrected chi connectivity index (χ3v) is 5.31. The maximum atomic E-state index is 12.2. The summed E-state index contributed by atoms with van der Waals surface area (Å²) in [6, 6.07) is 0.0503. The zero-order valence-corrected chi connectivity index (χ0v) is 13.1. The van der Waals surface area contributed by atoms with Crippen LogP contribution in [0, 0.1) is 5.92 Å². The maximum Gasteiger partial charge on any atom is 0.319 e. The summed E-state index contributed by atoms with van der Waals surface area (Å²) in [6.45, 7) is 8.84. The van der Waals surface area contributed by atoms with E-state index in [1.807, 2.05) is 13.8 Å². The minimum atomic E-state index is -1.72. The van der Waals surface area contributed by atoms with Gasteiger partial charge in [0, 0.05) is 16.8 Å². The van der Waals surface area contributed by atoms with Crippen LogP contribution in [0.1, 0.15) is 47.5 Å². The van der Waals surface area contributed by atoms with Crippen molar-refractivity contribution in [3.8, 4) is 0 Å². The van der Waals surface area contributed by atoms with E-state index in [0.29, 0.717) is 0 Å². The molecule has 0 radical (unpaired) electrons. The first-order chi connectivity index (χ1) is 8.76. The van der Waals surface area contributed by atoms with Crippen LogP contribution in [0.25, 0.3) is 0 Å². The number of amides is 1. The summed E-state index contributed by atoms with van der Waals surface area (Å²) in [7, 11) is -1.72.